The average molecular weight is 472 g/mol. The van der Waals surface area contributed by atoms with Gasteiger partial charge in [0.15, 0.2) is 0 Å². The van der Waals surface area contributed by atoms with Gasteiger partial charge in [0.2, 0.25) is 11.8 Å². The summed E-state index contributed by atoms with van der Waals surface area (Å²) in [5.74, 6) is 1.04. The topological polar surface area (TPSA) is 126 Å². The van der Waals surface area contributed by atoms with E-state index < -0.39 is 0 Å². The van der Waals surface area contributed by atoms with Crippen molar-refractivity contribution in [3.05, 3.63) is 73.0 Å². The first-order chi connectivity index (χ1) is 17.1. The number of unbranched alkanes of at least 4 members (excludes halogenated alkanes) is 2. The van der Waals surface area contributed by atoms with E-state index >= 15 is 0 Å². The zero-order chi connectivity index (χ0) is 24.5. The molecule has 0 saturated carbocycles. The van der Waals surface area contributed by atoms with Crippen molar-refractivity contribution in [3.63, 3.8) is 0 Å². The van der Waals surface area contributed by atoms with Gasteiger partial charge in [0.1, 0.15) is 11.6 Å². The van der Waals surface area contributed by atoms with Crippen LogP contribution in [-0.4, -0.2) is 43.8 Å². The summed E-state index contributed by atoms with van der Waals surface area (Å²) in [6.07, 6.45) is 12.5. The number of amides is 2. The van der Waals surface area contributed by atoms with Crippen LogP contribution >= 0.6 is 0 Å². The molecule has 0 bridgehead atoms. The van der Waals surface area contributed by atoms with Crippen LogP contribution in [0.5, 0.6) is 0 Å². The Labute approximate surface area is 203 Å². The van der Waals surface area contributed by atoms with E-state index in [2.05, 4.69) is 47.7 Å². The number of carbonyl (C=O) groups excluding carboxylic acids is 2. The predicted octanol–water partition coefficient (Wildman–Crippen LogP) is 3.51. The van der Waals surface area contributed by atoms with Crippen molar-refractivity contribution in [1.82, 2.24) is 35.6 Å². The van der Waals surface area contributed by atoms with E-state index in [9.17, 15) is 9.59 Å². The maximum Gasteiger partial charge on any atom is 0.228 e. The highest BCUT2D eigenvalue weighted by molar-refractivity contribution is 5.86. The fourth-order valence-electron chi connectivity index (χ4n) is 3.94. The third kappa shape index (κ3) is 6.69. The molecule has 0 aliphatic carbocycles. The number of H-pyrrole nitrogens is 1. The lowest BCUT2D eigenvalue weighted by Crippen LogP contribution is -2.31. The number of fused-ring (bicyclic) bond motifs is 1. The number of carbonyl (C=O) groups is 2. The fraction of sp³-hybridized carbons (Fsp3) is 0.308. The Morgan fingerprint density at radius 3 is 2.63 bits per heavy atom. The number of benzene rings is 1. The van der Waals surface area contributed by atoms with Crippen molar-refractivity contribution >= 4 is 22.6 Å². The second-order valence-corrected chi connectivity index (χ2v) is 8.35. The summed E-state index contributed by atoms with van der Waals surface area (Å²) in [7, 11) is 1.64. The minimum atomic E-state index is -0.290. The van der Waals surface area contributed by atoms with Crippen molar-refractivity contribution in [1.29, 1.82) is 0 Å². The molecule has 0 spiro atoms. The highest BCUT2D eigenvalue weighted by Crippen LogP contribution is 2.25. The number of pyridine rings is 1. The highest BCUT2D eigenvalue weighted by Gasteiger charge is 2.19. The molecule has 4 rings (SSSR count). The zero-order valence-corrected chi connectivity index (χ0v) is 19.7. The Kier molecular flexibility index (Phi) is 8.11. The van der Waals surface area contributed by atoms with Gasteiger partial charge in [-0.1, -0.05) is 25.0 Å². The molecule has 0 radical (unpaired) electrons. The molecule has 3 N–H and O–H groups in total. The monoisotopic (exact) mass is 471 g/mol. The first-order valence-electron chi connectivity index (χ1n) is 11.8. The Balaban J connectivity index is 1.46. The van der Waals surface area contributed by atoms with Crippen molar-refractivity contribution in [3.8, 4) is 11.3 Å². The lowest BCUT2D eigenvalue weighted by molar-refractivity contribution is -0.121. The van der Waals surface area contributed by atoms with E-state index in [1.165, 1.54) is 0 Å². The number of nitrogens with one attached hydrogen (secondary N) is 3. The molecule has 3 heterocycles. The minimum absolute atomic E-state index is 0.0407. The highest BCUT2D eigenvalue weighted by atomic mass is 16.2. The molecule has 9 nitrogen and oxygen atoms in total. The Morgan fingerprint density at radius 2 is 1.80 bits per heavy atom. The average Bonchev–Trinajstić information content (AvgIpc) is 3.38. The molecular formula is C26H29N7O2. The Hall–Kier alpha value is -4.14. The molecule has 0 unspecified atom stereocenters. The second-order valence-electron chi connectivity index (χ2n) is 8.35. The van der Waals surface area contributed by atoms with Crippen LogP contribution in [0.4, 0.5) is 0 Å². The molecule has 2 amide bonds. The predicted molar refractivity (Wildman–Crippen MR) is 133 cm³/mol. The summed E-state index contributed by atoms with van der Waals surface area (Å²) in [6.45, 7) is 0. The molecule has 180 valence electrons. The van der Waals surface area contributed by atoms with Gasteiger partial charge in [-0.25, -0.2) is 15.0 Å². The maximum atomic E-state index is 12.7. The van der Waals surface area contributed by atoms with E-state index in [1.54, 1.807) is 37.9 Å². The summed E-state index contributed by atoms with van der Waals surface area (Å²) in [5.41, 5.74) is 1.87. The van der Waals surface area contributed by atoms with Crippen LogP contribution < -0.4 is 10.6 Å². The number of hydrogen-bond acceptors (Lipinski definition) is 6. The van der Waals surface area contributed by atoms with Crippen molar-refractivity contribution in [2.24, 2.45) is 0 Å². The SMILES string of the molecule is CNC(=O)CCCCC[C@H](NC(=O)Cc1ncccn1)c1ncc(-c2ccc3ccncc3c2)[nH]1. The van der Waals surface area contributed by atoms with Crippen LogP contribution in [0.3, 0.4) is 0 Å². The third-order valence-corrected chi connectivity index (χ3v) is 5.83. The molecule has 35 heavy (non-hydrogen) atoms. The molecule has 0 aliphatic rings. The van der Waals surface area contributed by atoms with Gasteiger partial charge >= 0.3 is 0 Å². The lowest BCUT2D eigenvalue weighted by Gasteiger charge is -2.17. The summed E-state index contributed by atoms with van der Waals surface area (Å²) in [6, 6.07) is 9.57. The van der Waals surface area contributed by atoms with Crippen LogP contribution in [0.1, 0.15) is 49.8 Å². The summed E-state index contributed by atoms with van der Waals surface area (Å²) in [5, 5.41) is 7.89. The molecule has 4 aromatic rings. The van der Waals surface area contributed by atoms with Gasteiger partial charge in [-0.15, -0.1) is 0 Å². The van der Waals surface area contributed by atoms with E-state index in [0.717, 1.165) is 41.3 Å². The summed E-state index contributed by atoms with van der Waals surface area (Å²) < 4.78 is 0. The number of hydrogen-bond donors (Lipinski definition) is 3. The van der Waals surface area contributed by atoms with E-state index in [4.69, 9.17) is 0 Å². The van der Waals surface area contributed by atoms with Crippen molar-refractivity contribution in [2.45, 2.75) is 44.6 Å². The third-order valence-electron chi connectivity index (χ3n) is 5.83. The number of nitrogens with zero attached hydrogens (tertiary/aromatic N) is 4. The quantitative estimate of drug-likeness (QED) is 0.288. The second kappa shape index (κ2) is 11.8. The van der Waals surface area contributed by atoms with Crippen LogP contribution in [0, 0.1) is 0 Å². The standard InChI is InChI=1S/C26H29N7O2/c1-27-24(34)7-4-2-3-6-21(32-25(35)15-23-29-11-5-12-30-23)26-31-17-22(33-26)19-9-8-18-10-13-28-16-20(18)14-19/h5,8-14,16-17,21H,2-4,6-7,15H2,1H3,(H,27,34)(H,31,33)(H,32,35)/t21-/m0/s1. The van der Waals surface area contributed by atoms with Gasteiger partial charge in [-0.2, -0.15) is 0 Å². The first kappa shape index (κ1) is 24.0. The zero-order valence-electron chi connectivity index (χ0n) is 19.7. The first-order valence-corrected chi connectivity index (χ1v) is 11.8. The summed E-state index contributed by atoms with van der Waals surface area (Å²) >= 11 is 0. The van der Waals surface area contributed by atoms with Crippen LogP contribution in [0.2, 0.25) is 0 Å². The minimum Gasteiger partial charge on any atom is -0.359 e. The number of rotatable bonds is 11. The van der Waals surface area contributed by atoms with E-state index in [-0.39, 0.29) is 24.3 Å². The molecule has 3 aromatic heterocycles. The fourth-order valence-corrected chi connectivity index (χ4v) is 3.94. The van der Waals surface area contributed by atoms with Crippen LogP contribution in [-0.2, 0) is 16.0 Å². The van der Waals surface area contributed by atoms with Crippen molar-refractivity contribution < 1.29 is 9.59 Å². The van der Waals surface area contributed by atoms with Gasteiger partial charge in [0, 0.05) is 49.2 Å². The van der Waals surface area contributed by atoms with Crippen LogP contribution in [0.25, 0.3) is 22.0 Å². The molecule has 9 heteroatoms. The number of aromatic nitrogens is 5. The van der Waals surface area contributed by atoms with Gasteiger partial charge in [0.05, 0.1) is 24.4 Å². The van der Waals surface area contributed by atoms with Gasteiger partial charge < -0.3 is 15.6 Å². The maximum absolute atomic E-state index is 12.7. The molecular weight excluding hydrogens is 442 g/mol. The molecule has 1 atom stereocenters. The van der Waals surface area contributed by atoms with E-state index in [0.29, 0.717) is 24.5 Å². The van der Waals surface area contributed by atoms with Gasteiger partial charge in [-0.05, 0) is 36.4 Å². The lowest BCUT2D eigenvalue weighted by atomic mass is 10.1. The Morgan fingerprint density at radius 1 is 0.943 bits per heavy atom. The number of imidazole rings is 1. The van der Waals surface area contributed by atoms with Gasteiger partial charge in [0.25, 0.3) is 0 Å². The van der Waals surface area contributed by atoms with Crippen LogP contribution in [0.15, 0.2) is 61.3 Å². The molecule has 0 fully saturated rings. The van der Waals surface area contributed by atoms with Crippen molar-refractivity contribution in [2.75, 3.05) is 7.05 Å². The largest absolute Gasteiger partial charge is 0.359 e. The molecule has 1 aromatic carbocycles. The van der Waals surface area contributed by atoms with Gasteiger partial charge in [-0.3, -0.25) is 14.6 Å². The van der Waals surface area contributed by atoms with E-state index in [1.807, 2.05) is 18.3 Å². The summed E-state index contributed by atoms with van der Waals surface area (Å²) in [4.78, 5) is 44.7. The molecule has 0 aliphatic heterocycles. The molecule has 0 saturated heterocycles. The Bertz CT molecular complexity index is 1270. The number of aromatic amines is 1. The smallest absolute Gasteiger partial charge is 0.228 e. The normalized spacial score (nSPS) is 11.8.